The predicted octanol–water partition coefficient (Wildman–Crippen LogP) is 7.31. The number of fused-ring (bicyclic) bond motifs is 4. The maximum Gasteiger partial charge on any atom is 0.410 e. The zero-order valence-corrected chi connectivity index (χ0v) is 29.3. The first-order chi connectivity index (χ1) is 21.5. The van der Waals surface area contributed by atoms with Crippen molar-refractivity contribution in [1.29, 1.82) is 5.26 Å². The molecular formula is C32H36BrFN5O4SSi. The van der Waals surface area contributed by atoms with Crippen LogP contribution in [-0.2, 0) is 15.9 Å². The molecule has 1 saturated carbocycles. The van der Waals surface area contributed by atoms with E-state index >= 15 is 4.39 Å². The number of likely N-dealkylation sites (tertiary alicyclic amines) is 1. The van der Waals surface area contributed by atoms with E-state index in [1.165, 1.54) is 11.8 Å². The van der Waals surface area contributed by atoms with Crippen LogP contribution in [0.4, 0.5) is 14.0 Å². The summed E-state index contributed by atoms with van der Waals surface area (Å²) in [6, 6.07) is 6.33. The van der Waals surface area contributed by atoms with E-state index in [9.17, 15) is 14.9 Å². The van der Waals surface area contributed by atoms with Crippen molar-refractivity contribution in [2.24, 2.45) is 5.92 Å². The third kappa shape index (κ3) is 5.61. The van der Waals surface area contributed by atoms with E-state index in [-0.39, 0.29) is 54.8 Å². The maximum absolute atomic E-state index is 16.1. The van der Waals surface area contributed by atoms with Gasteiger partial charge in [-0.2, -0.15) is 5.26 Å². The van der Waals surface area contributed by atoms with Crippen LogP contribution >= 0.6 is 27.7 Å². The first-order valence-electron chi connectivity index (χ1n) is 15.3. The van der Waals surface area contributed by atoms with Gasteiger partial charge in [0.25, 0.3) is 0 Å². The highest BCUT2D eigenvalue weighted by atomic mass is 79.9. The molecule has 0 spiro atoms. The van der Waals surface area contributed by atoms with Crippen molar-refractivity contribution >= 4 is 71.9 Å². The van der Waals surface area contributed by atoms with Crippen molar-refractivity contribution < 1.29 is 23.5 Å². The topological polar surface area (TPSA) is 101 Å². The average Bonchev–Trinajstić information content (AvgIpc) is 3.78. The zero-order chi connectivity index (χ0) is 32.2. The molecular weight excluding hydrogens is 677 g/mol. The van der Waals surface area contributed by atoms with Gasteiger partial charge in [0.15, 0.2) is 5.82 Å². The number of thioether (sulfide) groups is 1. The molecule has 3 saturated heterocycles. The molecule has 9 nitrogen and oxygen atoms in total. The van der Waals surface area contributed by atoms with Gasteiger partial charge in [-0.1, -0.05) is 0 Å². The number of amides is 2. The van der Waals surface area contributed by atoms with Crippen LogP contribution in [0.1, 0.15) is 69.8 Å². The number of hydrogen-bond donors (Lipinski definition) is 0. The van der Waals surface area contributed by atoms with E-state index in [1.54, 1.807) is 4.90 Å². The molecule has 0 N–H and O–H groups in total. The number of nitriles is 1. The standard InChI is InChI=1S/C32H36BrFN5O4SSi/c1-32(2,3)43-31(41)38-16-18-14-23(38)27(18)39-22(21-8-6-10-37(21)30(40)42-11-12-45)15-20-28(39)19-13-17(7-5-9-35)24(33)25(34)26(19)36-29(20)44-4/h13,15,18,21,23,27H,5-8,10-12,14,16H2,1-4H3/t18-,21-,23-,27+/m1/s1. The number of aromatic nitrogens is 2. The van der Waals surface area contributed by atoms with Gasteiger partial charge < -0.3 is 18.9 Å². The van der Waals surface area contributed by atoms with Crippen LogP contribution in [0, 0.1) is 23.1 Å². The van der Waals surface area contributed by atoms with Crippen molar-refractivity contribution in [3.8, 4) is 6.07 Å². The maximum atomic E-state index is 16.1. The lowest BCUT2D eigenvalue weighted by molar-refractivity contribution is 0.0208. The predicted molar refractivity (Wildman–Crippen MR) is 175 cm³/mol. The molecule has 4 aliphatic rings. The van der Waals surface area contributed by atoms with Gasteiger partial charge in [0.05, 0.1) is 40.8 Å². The van der Waals surface area contributed by atoms with Crippen LogP contribution < -0.4 is 0 Å². The van der Waals surface area contributed by atoms with Crippen LogP contribution in [0.2, 0.25) is 6.04 Å². The first-order valence-corrected chi connectivity index (χ1v) is 18.1. The Morgan fingerprint density at radius 1 is 1.24 bits per heavy atom. The molecule has 1 aliphatic carbocycles. The van der Waals surface area contributed by atoms with Crippen LogP contribution in [0.25, 0.3) is 21.8 Å². The number of carbonyl (C=O) groups is 2. The minimum atomic E-state index is -0.621. The Balaban J connectivity index is 1.58. The lowest BCUT2D eigenvalue weighted by atomic mass is 9.79. The number of halogens is 2. The van der Waals surface area contributed by atoms with Crippen LogP contribution in [0.3, 0.4) is 0 Å². The fourth-order valence-electron chi connectivity index (χ4n) is 7.23. The van der Waals surface area contributed by atoms with Gasteiger partial charge in [-0.05, 0) is 92.4 Å². The Morgan fingerprint density at radius 3 is 2.71 bits per heavy atom. The fraction of sp³-hybridized carbons (Fsp3) is 0.562. The first kappa shape index (κ1) is 32.1. The molecule has 3 radical (unpaired) electrons. The number of rotatable bonds is 7. The summed E-state index contributed by atoms with van der Waals surface area (Å²) in [4.78, 5) is 35.0. The van der Waals surface area contributed by atoms with Crippen LogP contribution in [0.15, 0.2) is 21.6 Å². The fourth-order valence-corrected chi connectivity index (χ4v) is 8.39. The Hall–Kier alpha value is -2.82. The lowest BCUT2D eigenvalue weighted by Crippen LogP contribution is -2.45. The third-order valence-corrected chi connectivity index (χ3v) is 10.8. The van der Waals surface area contributed by atoms with Crippen LogP contribution in [0.5, 0.6) is 0 Å². The molecule has 4 fully saturated rings. The highest BCUT2D eigenvalue weighted by molar-refractivity contribution is 9.10. The van der Waals surface area contributed by atoms with E-state index in [4.69, 9.17) is 14.5 Å². The highest BCUT2D eigenvalue weighted by Crippen LogP contribution is 2.54. The Kier molecular flexibility index (Phi) is 8.86. The number of pyridine rings is 1. The lowest BCUT2D eigenvalue weighted by Gasteiger charge is -2.40. The minimum absolute atomic E-state index is 0.0831. The Bertz CT molecular complexity index is 1720. The number of nitrogens with zero attached hydrogens (tertiary/aromatic N) is 5. The van der Waals surface area contributed by atoms with Crippen molar-refractivity contribution in [3.63, 3.8) is 0 Å². The molecule has 7 rings (SSSR count). The second-order valence-corrected chi connectivity index (χ2v) is 15.0. The molecule has 5 heterocycles. The zero-order valence-electron chi connectivity index (χ0n) is 25.9. The normalized spacial score (nSPS) is 22.6. The smallest absolute Gasteiger partial charge is 0.410 e. The third-order valence-electron chi connectivity index (χ3n) is 9.06. The van der Waals surface area contributed by atoms with E-state index in [2.05, 4.69) is 42.9 Å². The van der Waals surface area contributed by atoms with E-state index in [0.29, 0.717) is 46.0 Å². The minimum Gasteiger partial charge on any atom is -0.450 e. The largest absolute Gasteiger partial charge is 0.450 e. The SMILES string of the molecule is CSc1nc2c(F)c(Br)c(CCC#N)cc2c2c1cc([C@H]1CCCN1C(=O)OCC[Si])n2[C@H]1[C@@H]2C[C@H]1N(C(=O)OC(C)(C)C)C2. The Morgan fingerprint density at radius 2 is 2.02 bits per heavy atom. The molecule has 0 unspecified atom stereocenters. The van der Waals surface area contributed by atoms with Crippen molar-refractivity contribution in [1.82, 2.24) is 19.4 Å². The number of benzene rings is 1. The summed E-state index contributed by atoms with van der Waals surface area (Å²) in [5.41, 5.74) is 2.11. The number of carbonyl (C=O) groups excluding carboxylic acids is 2. The van der Waals surface area contributed by atoms with E-state index in [0.717, 1.165) is 35.9 Å². The molecule has 4 atom stereocenters. The summed E-state index contributed by atoms with van der Waals surface area (Å²) in [5, 5.41) is 11.5. The average molecular weight is 714 g/mol. The van der Waals surface area contributed by atoms with Crippen LogP contribution in [-0.4, -0.2) is 79.4 Å². The molecule has 3 aromatic rings. The number of aryl methyl sites for hydroxylation is 1. The summed E-state index contributed by atoms with van der Waals surface area (Å²) in [6.07, 6.45) is 4.30. The molecule has 2 aromatic heterocycles. The molecule has 237 valence electrons. The molecule has 2 bridgehead atoms. The summed E-state index contributed by atoms with van der Waals surface area (Å²) in [7, 11) is 3.39. The molecule has 2 amide bonds. The number of hydrogen-bond acceptors (Lipinski definition) is 7. The summed E-state index contributed by atoms with van der Waals surface area (Å²) in [5.74, 6) is -0.286. The van der Waals surface area contributed by atoms with E-state index < -0.39 is 11.4 Å². The second kappa shape index (κ2) is 12.4. The quantitative estimate of drug-likeness (QED) is 0.187. The van der Waals surface area contributed by atoms with Gasteiger partial charge in [0, 0.05) is 52.1 Å². The number of ether oxygens (including phenoxy) is 2. The van der Waals surface area contributed by atoms with Crippen molar-refractivity contribution in [3.05, 3.63) is 33.7 Å². The van der Waals surface area contributed by atoms with Crippen molar-refractivity contribution in [2.45, 2.75) is 87.7 Å². The van der Waals surface area contributed by atoms with Gasteiger partial charge in [-0.15, -0.1) is 11.8 Å². The molecule has 45 heavy (non-hydrogen) atoms. The molecule has 3 aliphatic heterocycles. The molecule has 13 heteroatoms. The second-order valence-electron chi connectivity index (χ2n) is 12.9. The monoisotopic (exact) mass is 712 g/mol. The van der Waals surface area contributed by atoms with Gasteiger partial charge in [-0.3, -0.25) is 4.90 Å². The Labute approximate surface area is 278 Å². The molecule has 1 aromatic carbocycles. The summed E-state index contributed by atoms with van der Waals surface area (Å²) in [6.45, 7) is 7.00. The summed E-state index contributed by atoms with van der Waals surface area (Å²) >= 11 is 4.89. The van der Waals surface area contributed by atoms with Gasteiger partial charge >= 0.3 is 12.2 Å². The van der Waals surface area contributed by atoms with Gasteiger partial charge in [-0.25, -0.2) is 19.0 Å². The van der Waals surface area contributed by atoms with Crippen molar-refractivity contribution in [2.75, 3.05) is 26.0 Å². The van der Waals surface area contributed by atoms with Gasteiger partial charge in [0.2, 0.25) is 0 Å². The van der Waals surface area contributed by atoms with E-state index in [1.807, 2.05) is 38.0 Å². The highest BCUT2D eigenvalue weighted by Gasteiger charge is 2.57. The van der Waals surface area contributed by atoms with Gasteiger partial charge in [0.1, 0.15) is 16.1 Å². The summed E-state index contributed by atoms with van der Waals surface area (Å²) < 4.78 is 30.0.